The number of rotatable bonds is 2. The molecule has 0 aromatic heterocycles. The van der Waals surface area contributed by atoms with E-state index in [-0.39, 0.29) is 11.9 Å². The Morgan fingerprint density at radius 1 is 1.22 bits per heavy atom. The van der Waals surface area contributed by atoms with E-state index in [1.807, 2.05) is 0 Å². The molecule has 2 N–H and O–H groups in total. The monoisotopic (exact) mass is 254 g/mol. The topological polar surface area (TPSA) is 69.6 Å². The number of nitrogens with one attached hydrogen (secondary N) is 1. The highest BCUT2D eigenvalue weighted by Crippen LogP contribution is 2.23. The van der Waals surface area contributed by atoms with Crippen molar-refractivity contribution in [3.05, 3.63) is 0 Å². The third-order valence-corrected chi connectivity index (χ3v) is 4.11. The molecular weight excluding hydrogens is 232 g/mol. The average Bonchev–Trinajstić information content (AvgIpc) is 2.38. The van der Waals surface area contributed by atoms with Crippen LogP contribution in [-0.4, -0.2) is 47.1 Å². The molecular formula is C13H22N2O3. The van der Waals surface area contributed by atoms with Crippen molar-refractivity contribution in [2.75, 3.05) is 13.1 Å². The Labute approximate surface area is 108 Å². The lowest BCUT2D eigenvalue weighted by Crippen LogP contribution is -2.57. The first-order valence-corrected chi connectivity index (χ1v) is 6.88. The van der Waals surface area contributed by atoms with Crippen LogP contribution in [0.1, 0.15) is 39.0 Å². The number of carbonyl (C=O) groups excluding carboxylic acids is 1. The quantitative estimate of drug-likeness (QED) is 0.766. The summed E-state index contributed by atoms with van der Waals surface area (Å²) in [4.78, 5) is 25.3. The van der Waals surface area contributed by atoms with Crippen LogP contribution in [0.15, 0.2) is 0 Å². The molecule has 0 aromatic rings. The summed E-state index contributed by atoms with van der Waals surface area (Å²) in [6.07, 6.45) is 4.52. The van der Waals surface area contributed by atoms with Crippen molar-refractivity contribution in [2.24, 2.45) is 5.92 Å². The lowest BCUT2D eigenvalue weighted by molar-refractivity contribution is -0.153. The molecule has 5 heteroatoms. The Hall–Kier alpha value is -1.10. The molecule has 0 spiro atoms. The highest BCUT2D eigenvalue weighted by Gasteiger charge is 2.37. The first kappa shape index (κ1) is 13.3. The zero-order valence-electron chi connectivity index (χ0n) is 10.9. The summed E-state index contributed by atoms with van der Waals surface area (Å²) in [5.41, 5.74) is 0. The fourth-order valence-corrected chi connectivity index (χ4v) is 3.01. The molecule has 0 saturated carbocycles. The summed E-state index contributed by atoms with van der Waals surface area (Å²) >= 11 is 0. The molecule has 3 atom stereocenters. The minimum absolute atomic E-state index is 0.0192. The molecule has 0 aliphatic carbocycles. The fraction of sp³-hybridized carbons (Fsp3) is 0.846. The summed E-state index contributed by atoms with van der Waals surface area (Å²) in [6.45, 7) is 3.50. The maximum absolute atomic E-state index is 12.5. The maximum Gasteiger partial charge on any atom is 0.326 e. The molecule has 2 unspecified atom stereocenters. The molecule has 18 heavy (non-hydrogen) atoms. The van der Waals surface area contributed by atoms with Crippen LogP contribution in [0, 0.1) is 5.92 Å². The number of carboxylic acid groups (broad SMARTS) is 1. The van der Waals surface area contributed by atoms with Crippen molar-refractivity contribution in [3.8, 4) is 0 Å². The van der Waals surface area contributed by atoms with Gasteiger partial charge in [-0.1, -0.05) is 6.92 Å². The zero-order chi connectivity index (χ0) is 13.1. The van der Waals surface area contributed by atoms with E-state index in [4.69, 9.17) is 0 Å². The van der Waals surface area contributed by atoms with Gasteiger partial charge < -0.3 is 15.3 Å². The van der Waals surface area contributed by atoms with Gasteiger partial charge in [-0.3, -0.25) is 4.79 Å². The number of hydrogen-bond acceptors (Lipinski definition) is 3. The molecule has 5 nitrogen and oxygen atoms in total. The van der Waals surface area contributed by atoms with E-state index in [2.05, 4.69) is 12.2 Å². The normalized spacial score (nSPS) is 33.2. The van der Waals surface area contributed by atoms with Gasteiger partial charge in [0.05, 0.1) is 6.04 Å². The molecule has 2 rings (SSSR count). The van der Waals surface area contributed by atoms with Crippen LogP contribution in [-0.2, 0) is 9.59 Å². The molecule has 2 aliphatic rings. The largest absolute Gasteiger partial charge is 0.480 e. The molecule has 2 saturated heterocycles. The Morgan fingerprint density at radius 2 is 2.00 bits per heavy atom. The van der Waals surface area contributed by atoms with E-state index >= 15 is 0 Å². The lowest BCUT2D eigenvalue weighted by Gasteiger charge is -2.38. The predicted octanol–water partition coefficient (Wildman–Crippen LogP) is 0.840. The standard InChI is InChI=1S/C13H22N2O3/c1-9-5-4-7-14-11(9)12(16)15-8-3-2-6-10(15)13(17)18/h9-11,14H,2-8H2,1H3,(H,17,18)/t9?,10-,11?/m0/s1. The van der Waals surface area contributed by atoms with Crippen LogP contribution in [0.5, 0.6) is 0 Å². The van der Waals surface area contributed by atoms with Crippen LogP contribution in [0.4, 0.5) is 0 Å². The predicted molar refractivity (Wildman–Crippen MR) is 67.2 cm³/mol. The van der Waals surface area contributed by atoms with Crippen molar-refractivity contribution in [2.45, 2.75) is 51.1 Å². The minimum atomic E-state index is -0.869. The second kappa shape index (κ2) is 5.69. The highest BCUT2D eigenvalue weighted by atomic mass is 16.4. The van der Waals surface area contributed by atoms with Crippen LogP contribution < -0.4 is 5.32 Å². The van der Waals surface area contributed by atoms with Crippen molar-refractivity contribution < 1.29 is 14.7 Å². The number of carboxylic acids is 1. The van der Waals surface area contributed by atoms with Crippen molar-refractivity contribution in [1.29, 1.82) is 0 Å². The average molecular weight is 254 g/mol. The number of hydrogen-bond donors (Lipinski definition) is 2. The van der Waals surface area contributed by atoms with Crippen molar-refractivity contribution in [3.63, 3.8) is 0 Å². The number of carbonyl (C=O) groups is 2. The van der Waals surface area contributed by atoms with Gasteiger partial charge in [-0.15, -0.1) is 0 Å². The van der Waals surface area contributed by atoms with Gasteiger partial charge in [-0.05, 0) is 44.6 Å². The SMILES string of the molecule is CC1CCCNC1C(=O)N1CCCC[C@H]1C(=O)O. The Kier molecular flexibility index (Phi) is 4.22. The van der Waals surface area contributed by atoms with Crippen LogP contribution in [0.3, 0.4) is 0 Å². The Balaban J connectivity index is 2.07. The van der Waals surface area contributed by atoms with Gasteiger partial charge in [-0.2, -0.15) is 0 Å². The number of likely N-dealkylation sites (tertiary alicyclic amines) is 1. The third-order valence-electron chi connectivity index (χ3n) is 4.11. The summed E-state index contributed by atoms with van der Waals surface area (Å²) in [5.74, 6) is -0.594. The van der Waals surface area contributed by atoms with Crippen molar-refractivity contribution in [1.82, 2.24) is 10.2 Å². The molecule has 0 radical (unpaired) electrons. The second-order valence-corrected chi connectivity index (χ2v) is 5.43. The second-order valence-electron chi connectivity index (χ2n) is 5.43. The van der Waals surface area contributed by atoms with Gasteiger partial charge in [0, 0.05) is 6.54 Å². The van der Waals surface area contributed by atoms with E-state index in [1.54, 1.807) is 4.90 Å². The van der Waals surface area contributed by atoms with E-state index in [0.29, 0.717) is 18.9 Å². The van der Waals surface area contributed by atoms with Gasteiger partial charge in [0.25, 0.3) is 0 Å². The summed E-state index contributed by atoms with van der Waals surface area (Å²) in [7, 11) is 0. The van der Waals surface area contributed by atoms with E-state index in [9.17, 15) is 14.7 Å². The minimum Gasteiger partial charge on any atom is -0.480 e. The molecule has 2 fully saturated rings. The molecule has 102 valence electrons. The van der Waals surface area contributed by atoms with Gasteiger partial charge in [0.2, 0.25) is 5.91 Å². The Bertz CT molecular complexity index is 332. The van der Waals surface area contributed by atoms with E-state index in [1.165, 1.54) is 0 Å². The third kappa shape index (κ3) is 2.66. The summed E-state index contributed by atoms with van der Waals surface area (Å²) in [5, 5.41) is 12.4. The van der Waals surface area contributed by atoms with Crippen molar-refractivity contribution >= 4 is 11.9 Å². The lowest BCUT2D eigenvalue weighted by atomic mass is 9.90. The fourth-order valence-electron chi connectivity index (χ4n) is 3.01. The van der Waals surface area contributed by atoms with Gasteiger partial charge in [-0.25, -0.2) is 4.79 Å². The molecule has 0 bridgehead atoms. The van der Waals surface area contributed by atoms with Gasteiger partial charge in [0.15, 0.2) is 0 Å². The smallest absolute Gasteiger partial charge is 0.326 e. The number of aliphatic carboxylic acids is 1. The molecule has 2 heterocycles. The number of amides is 1. The van der Waals surface area contributed by atoms with Crippen LogP contribution in [0.2, 0.25) is 0 Å². The van der Waals surface area contributed by atoms with Gasteiger partial charge >= 0.3 is 5.97 Å². The first-order chi connectivity index (χ1) is 8.61. The summed E-state index contributed by atoms with van der Waals surface area (Å²) < 4.78 is 0. The molecule has 1 amide bonds. The molecule has 0 aromatic carbocycles. The zero-order valence-corrected chi connectivity index (χ0v) is 10.9. The van der Waals surface area contributed by atoms with E-state index in [0.717, 1.165) is 32.2 Å². The van der Waals surface area contributed by atoms with Gasteiger partial charge in [0.1, 0.15) is 6.04 Å². The highest BCUT2D eigenvalue weighted by molar-refractivity contribution is 5.87. The Morgan fingerprint density at radius 3 is 2.67 bits per heavy atom. The number of nitrogens with zero attached hydrogens (tertiary/aromatic N) is 1. The maximum atomic E-state index is 12.5. The van der Waals surface area contributed by atoms with E-state index < -0.39 is 12.0 Å². The van der Waals surface area contributed by atoms with Crippen LogP contribution in [0.25, 0.3) is 0 Å². The molecule has 2 aliphatic heterocycles. The van der Waals surface area contributed by atoms with Crippen LogP contribution >= 0.6 is 0 Å². The summed E-state index contributed by atoms with van der Waals surface area (Å²) in [6, 6.07) is -0.819. The number of piperidine rings is 2. The first-order valence-electron chi connectivity index (χ1n) is 6.88.